The Morgan fingerprint density at radius 2 is 2.16 bits per heavy atom. The van der Waals surface area contributed by atoms with Crippen LogP contribution in [0.3, 0.4) is 0 Å². The quantitative estimate of drug-likeness (QED) is 0.849. The smallest absolute Gasteiger partial charge is 0.0950 e. The molecule has 106 valence electrons. The van der Waals surface area contributed by atoms with Crippen LogP contribution < -0.4 is 5.32 Å². The molecule has 1 aromatic heterocycles. The van der Waals surface area contributed by atoms with Crippen molar-refractivity contribution in [3.05, 3.63) is 23.8 Å². The number of hydrogen-bond donors (Lipinski definition) is 1. The summed E-state index contributed by atoms with van der Waals surface area (Å²) in [6.45, 7) is 7.40. The fraction of sp³-hybridized carbons (Fsp3) is 0.688. The lowest BCUT2D eigenvalue weighted by Crippen LogP contribution is -2.22. The van der Waals surface area contributed by atoms with E-state index in [0.29, 0.717) is 0 Å². The normalized spacial score (nSPS) is 17.9. The van der Waals surface area contributed by atoms with E-state index in [0.717, 1.165) is 25.6 Å². The van der Waals surface area contributed by atoms with Gasteiger partial charge in [0.05, 0.1) is 18.2 Å². The highest BCUT2D eigenvalue weighted by molar-refractivity contribution is 5.50. The van der Waals surface area contributed by atoms with Crippen LogP contribution in [0.5, 0.6) is 0 Å². The Bertz CT molecular complexity index is 400. The minimum absolute atomic E-state index is 0.771. The SMILES string of the molecule is CCNCC(=Cc1cncn1CC)C1CCCCC1. The summed E-state index contributed by atoms with van der Waals surface area (Å²) in [5.74, 6) is 0.771. The fourth-order valence-electron chi connectivity index (χ4n) is 2.96. The molecule has 1 N–H and O–H groups in total. The molecular formula is C16H27N3. The van der Waals surface area contributed by atoms with Gasteiger partial charge in [-0.2, -0.15) is 0 Å². The molecule has 1 aromatic rings. The van der Waals surface area contributed by atoms with Gasteiger partial charge in [0.25, 0.3) is 0 Å². The third-order valence-electron chi connectivity index (χ3n) is 4.13. The number of imidazole rings is 1. The minimum atomic E-state index is 0.771. The van der Waals surface area contributed by atoms with Crippen LogP contribution in [-0.2, 0) is 6.54 Å². The first-order valence-corrected chi connectivity index (χ1v) is 7.76. The number of hydrogen-bond acceptors (Lipinski definition) is 2. The number of rotatable bonds is 6. The zero-order chi connectivity index (χ0) is 13.5. The standard InChI is InChI=1S/C16H27N3/c1-3-17-11-15(14-8-6-5-7-9-14)10-16-12-18-13-19(16)4-2/h10,12-14,17H,3-9,11H2,1-2H3. The van der Waals surface area contributed by atoms with Gasteiger partial charge in [-0.15, -0.1) is 0 Å². The van der Waals surface area contributed by atoms with Crippen LogP contribution in [0.4, 0.5) is 0 Å². The van der Waals surface area contributed by atoms with Crippen LogP contribution in [0.1, 0.15) is 51.6 Å². The molecule has 0 spiro atoms. The lowest BCUT2D eigenvalue weighted by molar-refractivity contribution is 0.397. The molecule has 1 saturated carbocycles. The molecule has 0 unspecified atom stereocenters. The molecule has 2 rings (SSSR count). The Morgan fingerprint density at radius 1 is 1.37 bits per heavy atom. The maximum Gasteiger partial charge on any atom is 0.0950 e. The molecule has 19 heavy (non-hydrogen) atoms. The molecule has 1 aliphatic carbocycles. The average Bonchev–Trinajstić information content (AvgIpc) is 2.91. The van der Waals surface area contributed by atoms with Gasteiger partial charge in [-0.25, -0.2) is 4.98 Å². The molecule has 1 heterocycles. The van der Waals surface area contributed by atoms with Gasteiger partial charge in [0.15, 0.2) is 0 Å². The van der Waals surface area contributed by atoms with Gasteiger partial charge in [0, 0.05) is 13.1 Å². The summed E-state index contributed by atoms with van der Waals surface area (Å²) in [7, 11) is 0. The van der Waals surface area contributed by atoms with Crippen molar-refractivity contribution in [2.75, 3.05) is 13.1 Å². The molecule has 0 aliphatic heterocycles. The third-order valence-corrected chi connectivity index (χ3v) is 4.13. The van der Waals surface area contributed by atoms with Gasteiger partial charge in [-0.1, -0.05) is 31.8 Å². The highest BCUT2D eigenvalue weighted by Crippen LogP contribution is 2.30. The third kappa shape index (κ3) is 3.93. The number of likely N-dealkylation sites (N-methyl/N-ethyl adjacent to an activating group) is 1. The Hall–Kier alpha value is -1.09. The van der Waals surface area contributed by atoms with Gasteiger partial charge in [0.1, 0.15) is 0 Å². The molecule has 1 aliphatic rings. The summed E-state index contributed by atoms with van der Waals surface area (Å²) >= 11 is 0. The van der Waals surface area contributed by atoms with E-state index in [2.05, 4.69) is 34.8 Å². The van der Waals surface area contributed by atoms with Gasteiger partial charge < -0.3 is 9.88 Å². The van der Waals surface area contributed by atoms with E-state index in [1.54, 1.807) is 5.57 Å². The van der Waals surface area contributed by atoms with Crippen molar-refractivity contribution >= 4 is 6.08 Å². The second kappa shape index (κ2) is 7.49. The molecule has 0 atom stereocenters. The maximum atomic E-state index is 4.27. The maximum absolute atomic E-state index is 4.27. The Kier molecular flexibility index (Phi) is 5.64. The zero-order valence-corrected chi connectivity index (χ0v) is 12.4. The molecular weight excluding hydrogens is 234 g/mol. The summed E-state index contributed by atoms with van der Waals surface area (Å²) in [5.41, 5.74) is 2.82. The van der Waals surface area contributed by atoms with E-state index in [1.165, 1.54) is 37.8 Å². The second-order valence-electron chi connectivity index (χ2n) is 5.44. The van der Waals surface area contributed by atoms with E-state index in [9.17, 15) is 0 Å². The number of nitrogens with one attached hydrogen (secondary N) is 1. The lowest BCUT2D eigenvalue weighted by Gasteiger charge is -2.25. The van der Waals surface area contributed by atoms with E-state index >= 15 is 0 Å². The summed E-state index contributed by atoms with van der Waals surface area (Å²) in [6.07, 6.45) is 13.2. The van der Waals surface area contributed by atoms with Crippen LogP contribution in [0.2, 0.25) is 0 Å². The van der Waals surface area contributed by atoms with Crippen LogP contribution in [0.25, 0.3) is 6.08 Å². The first kappa shape index (κ1) is 14.3. The van der Waals surface area contributed by atoms with Crippen molar-refractivity contribution in [2.45, 2.75) is 52.5 Å². The van der Waals surface area contributed by atoms with Crippen molar-refractivity contribution in [3.63, 3.8) is 0 Å². The first-order valence-electron chi connectivity index (χ1n) is 7.76. The summed E-state index contributed by atoms with van der Waals surface area (Å²) in [6, 6.07) is 0. The fourth-order valence-corrected chi connectivity index (χ4v) is 2.96. The number of aryl methyl sites for hydroxylation is 1. The molecule has 0 aromatic carbocycles. The number of aromatic nitrogens is 2. The van der Waals surface area contributed by atoms with Crippen molar-refractivity contribution in [1.82, 2.24) is 14.9 Å². The summed E-state index contributed by atoms with van der Waals surface area (Å²) < 4.78 is 2.22. The first-order chi connectivity index (χ1) is 9.35. The molecule has 3 heteroatoms. The van der Waals surface area contributed by atoms with Crippen molar-refractivity contribution in [2.24, 2.45) is 5.92 Å². The van der Waals surface area contributed by atoms with Crippen LogP contribution in [-0.4, -0.2) is 22.6 Å². The van der Waals surface area contributed by atoms with Crippen LogP contribution >= 0.6 is 0 Å². The molecule has 0 saturated heterocycles. The van der Waals surface area contributed by atoms with Crippen molar-refractivity contribution in [1.29, 1.82) is 0 Å². The van der Waals surface area contributed by atoms with Gasteiger partial charge in [0.2, 0.25) is 0 Å². The Labute approximate surface area is 117 Å². The molecule has 3 nitrogen and oxygen atoms in total. The van der Waals surface area contributed by atoms with E-state index in [-0.39, 0.29) is 0 Å². The molecule has 0 amide bonds. The number of nitrogens with zero attached hydrogens (tertiary/aromatic N) is 2. The summed E-state index contributed by atoms with van der Waals surface area (Å²) in [4.78, 5) is 4.27. The van der Waals surface area contributed by atoms with E-state index in [1.807, 2.05) is 12.5 Å². The Morgan fingerprint density at radius 3 is 2.84 bits per heavy atom. The van der Waals surface area contributed by atoms with Gasteiger partial charge in [-0.05, 0) is 38.3 Å². The highest BCUT2D eigenvalue weighted by Gasteiger charge is 2.17. The van der Waals surface area contributed by atoms with E-state index in [4.69, 9.17) is 0 Å². The van der Waals surface area contributed by atoms with Crippen LogP contribution in [0.15, 0.2) is 18.1 Å². The van der Waals surface area contributed by atoms with E-state index < -0.39 is 0 Å². The average molecular weight is 261 g/mol. The predicted molar refractivity (Wildman–Crippen MR) is 81.0 cm³/mol. The zero-order valence-electron chi connectivity index (χ0n) is 12.4. The lowest BCUT2D eigenvalue weighted by atomic mass is 9.83. The summed E-state index contributed by atoms with van der Waals surface area (Å²) in [5, 5.41) is 3.50. The topological polar surface area (TPSA) is 29.9 Å². The predicted octanol–water partition coefficient (Wildman–Crippen LogP) is 3.48. The molecule has 0 bridgehead atoms. The largest absolute Gasteiger partial charge is 0.331 e. The van der Waals surface area contributed by atoms with Crippen molar-refractivity contribution < 1.29 is 0 Å². The Balaban J connectivity index is 2.15. The second-order valence-corrected chi connectivity index (χ2v) is 5.44. The monoisotopic (exact) mass is 261 g/mol. The highest BCUT2D eigenvalue weighted by atomic mass is 15.0. The van der Waals surface area contributed by atoms with Crippen molar-refractivity contribution in [3.8, 4) is 0 Å². The van der Waals surface area contributed by atoms with Gasteiger partial charge in [-0.3, -0.25) is 0 Å². The minimum Gasteiger partial charge on any atom is -0.331 e. The molecule has 1 fully saturated rings. The van der Waals surface area contributed by atoms with Crippen LogP contribution in [0, 0.1) is 5.92 Å². The van der Waals surface area contributed by atoms with Gasteiger partial charge >= 0.3 is 0 Å². The molecule has 0 radical (unpaired) electrons.